The number of ether oxygens (including phenoxy) is 1. The van der Waals surface area contributed by atoms with Gasteiger partial charge in [-0.3, -0.25) is 0 Å². The summed E-state index contributed by atoms with van der Waals surface area (Å²) in [4.78, 5) is 0. The molecule has 0 radical (unpaired) electrons. The van der Waals surface area contributed by atoms with Crippen LogP contribution in [0.2, 0.25) is 0 Å². The van der Waals surface area contributed by atoms with Gasteiger partial charge in [0.05, 0.1) is 6.04 Å². The van der Waals surface area contributed by atoms with Gasteiger partial charge in [0.2, 0.25) is 0 Å². The summed E-state index contributed by atoms with van der Waals surface area (Å²) in [6.45, 7) is 7.03. The molecule has 1 fully saturated rings. The Morgan fingerprint density at radius 2 is 1.70 bits per heavy atom. The largest absolute Gasteiger partial charge is 0.573 e. The first kappa shape index (κ1) is 19.8. The lowest BCUT2D eigenvalue weighted by Crippen LogP contribution is -2.38. The van der Waals surface area contributed by atoms with Gasteiger partial charge in [0.1, 0.15) is 5.75 Å². The first-order chi connectivity index (χ1) is 12.6. The SMILES string of the molecule is C[C@H]1C[C@H](C2C=CC=CC2Nc2ccc(OC(F)(F)F)cc2)CC(C)(C)C1. The zero-order valence-corrected chi connectivity index (χ0v) is 16.1. The summed E-state index contributed by atoms with van der Waals surface area (Å²) >= 11 is 0. The van der Waals surface area contributed by atoms with Crippen LogP contribution in [-0.2, 0) is 0 Å². The maximum atomic E-state index is 12.3. The van der Waals surface area contributed by atoms with Gasteiger partial charge in [-0.1, -0.05) is 45.1 Å². The van der Waals surface area contributed by atoms with Crippen LogP contribution in [0.4, 0.5) is 18.9 Å². The molecule has 0 spiro atoms. The van der Waals surface area contributed by atoms with Crippen molar-refractivity contribution in [3.05, 3.63) is 48.6 Å². The molecule has 4 atom stereocenters. The van der Waals surface area contributed by atoms with Crippen LogP contribution in [0.5, 0.6) is 5.75 Å². The summed E-state index contributed by atoms with van der Waals surface area (Å²) in [5.41, 5.74) is 1.14. The van der Waals surface area contributed by atoms with Gasteiger partial charge in [-0.2, -0.15) is 0 Å². The van der Waals surface area contributed by atoms with E-state index in [9.17, 15) is 13.2 Å². The molecule has 2 nitrogen and oxygen atoms in total. The van der Waals surface area contributed by atoms with Crippen LogP contribution in [0, 0.1) is 23.2 Å². The molecule has 2 aliphatic carbocycles. The number of benzene rings is 1. The van der Waals surface area contributed by atoms with Crippen LogP contribution in [0.1, 0.15) is 40.0 Å². The average molecular weight is 379 g/mol. The number of hydrogen-bond donors (Lipinski definition) is 1. The second kappa shape index (κ2) is 7.61. The molecule has 0 heterocycles. The number of halogens is 3. The van der Waals surface area contributed by atoms with E-state index in [1.54, 1.807) is 12.1 Å². The number of nitrogens with one attached hydrogen (secondary N) is 1. The molecular weight excluding hydrogens is 351 g/mol. The van der Waals surface area contributed by atoms with Crippen LogP contribution in [0.25, 0.3) is 0 Å². The molecule has 1 aromatic carbocycles. The Balaban J connectivity index is 1.69. The van der Waals surface area contributed by atoms with Crippen LogP contribution < -0.4 is 10.1 Å². The fourth-order valence-electron chi connectivity index (χ4n) is 4.88. The third-order valence-electron chi connectivity index (χ3n) is 5.56. The molecule has 0 saturated heterocycles. The molecule has 3 rings (SSSR count). The number of anilines is 1. The second-order valence-electron chi connectivity index (χ2n) is 8.76. The number of hydrogen-bond acceptors (Lipinski definition) is 2. The predicted molar refractivity (Wildman–Crippen MR) is 103 cm³/mol. The Kier molecular flexibility index (Phi) is 5.59. The minimum absolute atomic E-state index is 0.135. The van der Waals surface area contributed by atoms with Crippen molar-refractivity contribution < 1.29 is 17.9 Å². The Morgan fingerprint density at radius 1 is 1.04 bits per heavy atom. The van der Waals surface area contributed by atoms with E-state index in [0.717, 1.165) is 5.69 Å². The van der Waals surface area contributed by atoms with E-state index in [4.69, 9.17) is 0 Å². The Labute approximate surface area is 159 Å². The maximum absolute atomic E-state index is 12.3. The standard InChI is InChI=1S/C22H28F3NO/c1-15-12-16(14-21(2,3)13-15)19-6-4-5-7-20(19)26-17-8-10-18(11-9-17)27-22(23,24)25/h4-11,15-16,19-20,26H,12-14H2,1-3H3/t15-,16-,19?,20?/m0/s1. The van der Waals surface area contributed by atoms with E-state index in [1.165, 1.54) is 31.4 Å². The molecule has 148 valence electrons. The number of rotatable bonds is 4. The molecule has 1 saturated carbocycles. The van der Waals surface area contributed by atoms with Crippen LogP contribution in [-0.4, -0.2) is 12.4 Å². The summed E-state index contributed by atoms with van der Waals surface area (Å²) in [5.74, 6) is 1.47. The summed E-state index contributed by atoms with van der Waals surface area (Å²) in [5, 5.41) is 3.49. The zero-order chi connectivity index (χ0) is 19.7. The van der Waals surface area contributed by atoms with Gasteiger partial charge in [-0.25, -0.2) is 0 Å². The van der Waals surface area contributed by atoms with Gasteiger partial charge in [-0.05, 0) is 60.8 Å². The summed E-state index contributed by atoms with van der Waals surface area (Å²) in [6.07, 6.45) is 7.56. The van der Waals surface area contributed by atoms with Crippen LogP contribution >= 0.6 is 0 Å². The molecule has 1 aromatic rings. The molecule has 0 aromatic heterocycles. The summed E-state index contributed by atoms with van der Waals surface area (Å²) in [6, 6.07) is 6.10. The van der Waals surface area contributed by atoms with Gasteiger partial charge < -0.3 is 10.1 Å². The summed E-state index contributed by atoms with van der Waals surface area (Å²) in [7, 11) is 0. The van der Waals surface area contributed by atoms with E-state index in [1.807, 2.05) is 6.08 Å². The van der Waals surface area contributed by atoms with Gasteiger partial charge in [0.25, 0.3) is 0 Å². The highest BCUT2D eigenvalue weighted by Crippen LogP contribution is 2.46. The first-order valence-electron chi connectivity index (χ1n) is 9.59. The number of allylic oxidation sites excluding steroid dienone is 2. The Hall–Kier alpha value is -1.91. The van der Waals surface area contributed by atoms with Crippen molar-refractivity contribution >= 4 is 5.69 Å². The van der Waals surface area contributed by atoms with Crippen molar-refractivity contribution in [2.24, 2.45) is 23.2 Å². The lowest BCUT2D eigenvalue weighted by Gasteiger charge is -2.44. The number of alkyl halides is 3. The normalized spacial score (nSPS) is 30.1. The quantitative estimate of drug-likeness (QED) is 0.639. The van der Waals surface area contributed by atoms with Crippen LogP contribution in [0.3, 0.4) is 0 Å². The average Bonchev–Trinajstić information content (AvgIpc) is 2.54. The van der Waals surface area contributed by atoms with E-state index in [0.29, 0.717) is 23.2 Å². The lowest BCUT2D eigenvalue weighted by atomic mass is 9.63. The first-order valence-corrected chi connectivity index (χ1v) is 9.59. The van der Waals surface area contributed by atoms with Gasteiger partial charge in [0.15, 0.2) is 0 Å². The molecule has 0 amide bonds. The molecule has 0 aliphatic heterocycles. The second-order valence-corrected chi connectivity index (χ2v) is 8.76. The zero-order valence-electron chi connectivity index (χ0n) is 16.1. The van der Waals surface area contributed by atoms with E-state index >= 15 is 0 Å². The maximum Gasteiger partial charge on any atom is 0.573 e. The van der Waals surface area contributed by atoms with E-state index < -0.39 is 6.36 Å². The fourth-order valence-corrected chi connectivity index (χ4v) is 4.88. The Bertz CT molecular complexity index is 691. The van der Waals surface area contributed by atoms with Crippen LogP contribution in [0.15, 0.2) is 48.6 Å². The predicted octanol–water partition coefficient (Wildman–Crippen LogP) is 6.57. The highest BCUT2D eigenvalue weighted by atomic mass is 19.4. The van der Waals surface area contributed by atoms with Crippen molar-refractivity contribution in [2.75, 3.05) is 5.32 Å². The minimum Gasteiger partial charge on any atom is -0.406 e. The monoisotopic (exact) mass is 379 g/mol. The molecule has 0 bridgehead atoms. The molecular formula is C22H28F3NO. The van der Waals surface area contributed by atoms with Crippen molar-refractivity contribution in [3.8, 4) is 5.75 Å². The fraction of sp³-hybridized carbons (Fsp3) is 0.545. The highest BCUT2D eigenvalue weighted by molar-refractivity contribution is 5.48. The van der Waals surface area contributed by atoms with Gasteiger partial charge in [-0.15, -0.1) is 13.2 Å². The highest BCUT2D eigenvalue weighted by Gasteiger charge is 2.37. The molecule has 1 N–H and O–H groups in total. The molecule has 27 heavy (non-hydrogen) atoms. The van der Waals surface area contributed by atoms with Crippen molar-refractivity contribution in [1.29, 1.82) is 0 Å². The van der Waals surface area contributed by atoms with Crippen molar-refractivity contribution in [3.63, 3.8) is 0 Å². The van der Waals surface area contributed by atoms with E-state index in [2.05, 4.69) is 49.1 Å². The van der Waals surface area contributed by atoms with Crippen molar-refractivity contribution in [1.82, 2.24) is 0 Å². The summed E-state index contributed by atoms with van der Waals surface area (Å²) < 4.78 is 40.9. The van der Waals surface area contributed by atoms with Gasteiger partial charge in [0, 0.05) is 11.6 Å². The third kappa shape index (κ3) is 5.53. The smallest absolute Gasteiger partial charge is 0.406 e. The molecule has 2 unspecified atom stereocenters. The van der Waals surface area contributed by atoms with E-state index in [-0.39, 0.29) is 11.8 Å². The molecule has 2 aliphatic rings. The van der Waals surface area contributed by atoms with Gasteiger partial charge >= 0.3 is 6.36 Å². The minimum atomic E-state index is -4.67. The van der Waals surface area contributed by atoms with Crippen molar-refractivity contribution in [2.45, 2.75) is 52.4 Å². The topological polar surface area (TPSA) is 21.3 Å². The molecule has 5 heteroatoms. The third-order valence-corrected chi connectivity index (χ3v) is 5.56. The lowest BCUT2D eigenvalue weighted by molar-refractivity contribution is -0.274. The Morgan fingerprint density at radius 3 is 2.33 bits per heavy atom.